The molecule has 0 radical (unpaired) electrons. The van der Waals surface area contributed by atoms with Crippen molar-refractivity contribution in [3.63, 3.8) is 0 Å². The predicted octanol–water partition coefficient (Wildman–Crippen LogP) is 4.69. The molecule has 0 unspecified atom stereocenters. The Bertz CT molecular complexity index is 1170. The van der Waals surface area contributed by atoms with E-state index in [1.807, 2.05) is 48.5 Å². The van der Waals surface area contributed by atoms with Crippen molar-refractivity contribution in [2.75, 3.05) is 10.6 Å². The highest BCUT2D eigenvalue weighted by molar-refractivity contribution is 9.10. The molecule has 0 aliphatic heterocycles. The van der Waals surface area contributed by atoms with Crippen LogP contribution in [-0.4, -0.2) is 21.4 Å². The van der Waals surface area contributed by atoms with Crippen LogP contribution < -0.4 is 10.6 Å². The minimum absolute atomic E-state index is 0.0940. The highest BCUT2D eigenvalue weighted by Gasteiger charge is 2.16. The number of carbonyl (C=O) groups excluding carboxylic acids is 2. The summed E-state index contributed by atoms with van der Waals surface area (Å²) in [4.78, 5) is 29.3. The first-order chi connectivity index (χ1) is 14.1. The van der Waals surface area contributed by atoms with Crippen LogP contribution in [0.25, 0.3) is 10.9 Å². The predicted molar refractivity (Wildman–Crippen MR) is 117 cm³/mol. The lowest BCUT2D eigenvalue weighted by atomic mass is 10.1. The Labute approximate surface area is 175 Å². The number of para-hydroxylation sites is 1. The number of amides is 2. The van der Waals surface area contributed by atoms with Crippen molar-refractivity contribution in [1.29, 1.82) is 0 Å². The lowest BCUT2D eigenvalue weighted by molar-refractivity contribution is -0.116. The molecule has 0 saturated heterocycles. The molecule has 0 aliphatic carbocycles. The smallest absolute Gasteiger partial charge is 0.257 e. The molecule has 4 aromatic rings. The molecule has 2 aromatic carbocycles. The molecule has 0 spiro atoms. The Morgan fingerprint density at radius 2 is 1.72 bits per heavy atom. The van der Waals surface area contributed by atoms with Gasteiger partial charge in [-0.1, -0.05) is 34.1 Å². The van der Waals surface area contributed by atoms with E-state index in [2.05, 4.69) is 31.5 Å². The number of pyridine rings is 1. The van der Waals surface area contributed by atoms with E-state index >= 15 is 0 Å². The van der Waals surface area contributed by atoms with E-state index in [1.54, 1.807) is 35.3 Å². The molecule has 0 fully saturated rings. The van der Waals surface area contributed by atoms with Gasteiger partial charge in [-0.25, -0.2) is 0 Å². The van der Waals surface area contributed by atoms with Gasteiger partial charge in [-0.3, -0.25) is 14.6 Å². The van der Waals surface area contributed by atoms with Crippen LogP contribution in [0.15, 0.2) is 83.7 Å². The molecule has 0 bridgehead atoms. The largest absolute Gasteiger partial charge is 0.337 e. The van der Waals surface area contributed by atoms with Crippen LogP contribution >= 0.6 is 15.9 Å². The zero-order valence-electron chi connectivity index (χ0n) is 15.3. The summed E-state index contributed by atoms with van der Waals surface area (Å²) in [6.07, 6.45) is 4.94. The van der Waals surface area contributed by atoms with Crippen molar-refractivity contribution >= 4 is 50.0 Å². The van der Waals surface area contributed by atoms with E-state index in [0.717, 1.165) is 15.4 Å². The summed E-state index contributed by atoms with van der Waals surface area (Å²) < 4.78 is 2.72. The summed E-state index contributed by atoms with van der Waals surface area (Å²) in [6.45, 7) is 0.0940. The van der Waals surface area contributed by atoms with Gasteiger partial charge < -0.3 is 15.2 Å². The van der Waals surface area contributed by atoms with Gasteiger partial charge in [-0.05, 0) is 42.5 Å². The first-order valence-electron chi connectivity index (χ1n) is 8.95. The summed E-state index contributed by atoms with van der Waals surface area (Å²) in [5.41, 5.74) is 2.64. The van der Waals surface area contributed by atoms with E-state index in [-0.39, 0.29) is 18.4 Å². The minimum Gasteiger partial charge on any atom is -0.337 e. The monoisotopic (exact) mass is 448 g/mol. The lowest BCUT2D eigenvalue weighted by Crippen LogP contribution is -2.18. The summed E-state index contributed by atoms with van der Waals surface area (Å²) in [7, 11) is 0. The van der Waals surface area contributed by atoms with Crippen molar-refractivity contribution in [3.05, 3.63) is 89.3 Å². The van der Waals surface area contributed by atoms with Crippen LogP contribution in [0, 0.1) is 0 Å². The molecule has 0 atom stereocenters. The zero-order chi connectivity index (χ0) is 20.2. The fraction of sp³-hybridized carbons (Fsp3) is 0.0455. The van der Waals surface area contributed by atoms with E-state index < -0.39 is 0 Å². The number of hydrogen-bond donors (Lipinski definition) is 2. The molecular formula is C22H17BrN4O2. The van der Waals surface area contributed by atoms with Gasteiger partial charge in [0.25, 0.3) is 5.91 Å². The molecule has 6 nitrogen and oxygen atoms in total. The van der Waals surface area contributed by atoms with Crippen LogP contribution in [0.3, 0.4) is 0 Å². The maximum absolute atomic E-state index is 12.8. The fourth-order valence-corrected chi connectivity index (χ4v) is 3.35. The second-order valence-corrected chi connectivity index (χ2v) is 7.35. The van der Waals surface area contributed by atoms with Gasteiger partial charge in [-0.2, -0.15) is 0 Å². The van der Waals surface area contributed by atoms with Gasteiger partial charge in [0, 0.05) is 33.5 Å². The Hall–Kier alpha value is -3.45. The van der Waals surface area contributed by atoms with E-state index in [0.29, 0.717) is 16.9 Å². The standard InChI is InChI=1S/C22H17BrN4O2/c23-15-7-9-16(10-8-15)25-21(28)14-27-13-19(18-5-1-2-6-20(18)27)22(29)26-17-4-3-11-24-12-17/h1-13H,14H2,(H,25,28)(H,26,29). The van der Waals surface area contributed by atoms with Crippen LogP contribution in [0.5, 0.6) is 0 Å². The summed E-state index contributed by atoms with van der Waals surface area (Å²) >= 11 is 3.37. The average molecular weight is 449 g/mol. The van der Waals surface area contributed by atoms with Gasteiger partial charge in [0.2, 0.25) is 5.91 Å². The van der Waals surface area contributed by atoms with Crippen LogP contribution in [0.1, 0.15) is 10.4 Å². The third kappa shape index (κ3) is 4.35. The van der Waals surface area contributed by atoms with Gasteiger partial charge >= 0.3 is 0 Å². The van der Waals surface area contributed by atoms with E-state index in [4.69, 9.17) is 0 Å². The van der Waals surface area contributed by atoms with Crippen LogP contribution in [-0.2, 0) is 11.3 Å². The molecular weight excluding hydrogens is 432 g/mol. The second kappa shape index (κ2) is 8.28. The van der Waals surface area contributed by atoms with E-state index in [9.17, 15) is 9.59 Å². The Morgan fingerprint density at radius 1 is 0.931 bits per heavy atom. The lowest BCUT2D eigenvalue weighted by Gasteiger charge is -2.07. The molecule has 2 heterocycles. The summed E-state index contributed by atoms with van der Waals surface area (Å²) in [5, 5.41) is 6.50. The topological polar surface area (TPSA) is 76.0 Å². The zero-order valence-corrected chi connectivity index (χ0v) is 16.9. The molecule has 7 heteroatoms. The van der Waals surface area contributed by atoms with Crippen LogP contribution in [0.2, 0.25) is 0 Å². The van der Waals surface area contributed by atoms with Crippen molar-refractivity contribution in [2.45, 2.75) is 6.54 Å². The van der Waals surface area contributed by atoms with E-state index in [1.165, 1.54) is 0 Å². The SMILES string of the molecule is O=C(Cn1cc(C(=O)Nc2cccnc2)c2ccccc21)Nc1ccc(Br)cc1. The molecule has 144 valence electrons. The van der Waals surface area contributed by atoms with Crippen molar-refractivity contribution in [3.8, 4) is 0 Å². The molecule has 29 heavy (non-hydrogen) atoms. The number of rotatable bonds is 5. The van der Waals surface area contributed by atoms with Gasteiger partial charge in [0.1, 0.15) is 6.54 Å². The molecule has 2 amide bonds. The summed E-state index contributed by atoms with van der Waals surface area (Å²) in [6, 6.07) is 18.4. The maximum atomic E-state index is 12.8. The quantitative estimate of drug-likeness (QED) is 0.464. The average Bonchev–Trinajstić information content (AvgIpc) is 3.09. The molecule has 4 rings (SSSR count). The molecule has 2 N–H and O–H groups in total. The number of nitrogens with zero attached hydrogens (tertiary/aromatic N) is 2. The first-order valence-corrected chi connectivity index (χ1v) is 9.74. The fourth-order valence-electron chi connectivity index (χ4n) is 3.08. The minimum atomic E-state index is -0.249. The molecule has 0 aliphatic rings. The van der Waals surface area contributed by atoms with Crippen molar-refractivity contribution < 1.29 is 9.59 Å². The highest BCUT2D eigenvalue weighted by Crippen LogP contribution is 2.23. The Balaban J connectivity index is 1.57. The third-order valence-corrected chi connectivity index (χ3v) is 4.92. The van der Waals surface area contributed by atoms with Crippen LogP contribution in [0.4, 0.5) is 11.4 Å². The molecule has 0 saturated carbocycles. The number of fused-ring (bicyclic) bond motifs is 1. The van der Waals surface area contributed by atoms with Crippen molar-refractivity contribution in [1.82, 2.24) is 9.55 Å². The number of aromatic nitrogens is 2. The van der Waals surface area contributed by atoms with Crippen molar-refractivity contribution in [2.24, 2.45) is 0 Å². The highest BCUT2D eigenvalue weighted by atomic mass is 79.9. The number of benzene rings is 2. The maximum Gasteiger partial charge on any atom is 0.257 e. The third-order valence-electron chi connectivity index (χ3n) is 4.39. The number of carbonyl (C=O) groups is 2. The van der Waals surface area contributed by atoms with Gasteiger partial charge in [0.15, 0.2) is 0 Å². The summed E-state index contributed by atoms with van der Waals surface area (Å²) in [5.74, 6) is -0.423. The first kappa shape index (κ1) is 18.9. The number of anilines is 2. The molecule has 2 aromatic heterocycles. The Kier molecular flexibility index (Phi) is 5.39. The van der Waals surface area contributed by atoms with Gasteiger partial charge in [-0.15, -0.1) is 0 Å². The number of hydrogen-bond acceptors (Lipinski definition) is 3. The normalized spacial score (nSPS) is 10.7. The number of nitrogens with one attached hydrogen (secondary N) is 2. The van der Waals surface area contributed by atoms with Gasteiger partial charge in [0.05, 0.1) is 17.4 Å². The Morgan fingerprint density at radius 3 is 2.48 bits per heavy atom. The number of halogens is 1. The second-order valence-electron chi connectivity index (χ2n) is 6.44.